The standard InChI is InChI=1S/C20H20FN3O/c1-3-23(13-16-7-5-4-6-15(16)2)20(25)19-12-22-14-24(19)18-10-8-17(21)9-11-18/h4-12,14H,3,13H2,1-2H3. The molecule has 1 aromatic heterocycles. The van der Waals surface area contributed by atoms with Crippen LogP contribution in [0.2, 0.25) is 0 Å². The van der Waals surface area contributed by atoms with Gasteiger partial charge in [0.25, 0.3) is 5.91 Å². The first-order chi connectivity index (χ1) is 12.1. The Hall–Kier alpha value is -2.95. The van der Waals surface area contributed by atoms with Gasteiger partial charge in [0.05, 0.1) is 12.5 Å². The first-order valence-corrected chi connectivity index (χ1v) is 8.22. The highest BCUT2D eigenvalue weighted by Crippen LogP contribution is 2.16. The molecule has 0 fully saturated rings. The predicted molar refractivity (Wildman–Crippen MR) is 95.1 cm³/mol. The van der Waals surface area contributed by atoms with Crippen molar-refractivity contribution < 1.29 is 9.18 Å². The van der Waals surface area contributed by atoms with Crippen molar-refractivity contribution in [2.75, 3.05) is 6.54 Å². The molecule has 2 aromatic carbocycles. The molecule has 0 bridgehead atoms. The molecule has 0 aliphatic heterocycles. The largest absolute Gasteiger partial charge is 0.333 e. The number of aromatic nitrogens is 2. The lowest BCUT2D eigenvalue weighted by atomic mass is 10.1. The minimum Gasteiger partial charge on any atom is -0.333 e. The number of rotatable bonds is 5. The summed E-state index contributed by atoms with van der Waals surface area (Å²) in [5.74, 6) is -0.418. The third kappa shape index (κ3) is 3.60. The number of aryl methyl sites for hydroxylation is 1. The van der Waals surface area contributed by atoms with Crippen molar-refractivity contribution in [2.24, 2.45) is 0 Å². The zero-order valence-corrected chi connectivity index (χ0v) is 14.3. The van der Waals surface area contributed by atoms with Gasteiger partial charge >= 0.3 is 0 Å². The maximum atomic E-state index is 13.2. The highest BCUT2D eigenvalue weighted by atomic mass is 19.1. The van der Waals surface area contributed by atoms with E-state index >= 15 is 0 Å². The summed E-state index contributed by atoms with van der Waals surface area (Å²) in [6, 6.07) is 14.0. The highest BCUT2D eigenvalue weighted by Gasteiger charge is 2.20. The summed E-state index contributed by atoms with van der Waals surface area (Å²) in [7, 11) is 0. The third-order valence-electron chi connectivity index (χ3n) is 4.25. The summed E-state index contributed by atoms with van der Waals surface area (Å²) in [6.45, 7) is 5.11. The van der Waals surface area contributed by atoms with Crippen LogP contribution in [0.25, 0.3) is 5.69 Å². The zero-order valence-electron chi connectivity index (χ0n) is 14.3. The predicted octanol–water partition coefficient (Wildman–Crippen LogP) is 3.98. The van der Waals surface area contributed by atoms with Crippen molar-refractivity contribution in [1.82, 2.24) is 14.5 Å². The molecule has 5 heteroatoms. The van der Waals surface area contributed by atoms with Crippen molar-refractivity contribution in [3.05, 3.63) is 83.7 Å². The molecule has 0 unspecified atom stereocenters. The van der Waals surface area contributed by atoms with Crippen LogP contribution in [-0.4, -0.2) is 26.9 Å². The maximum absolute atomic E-state index is 13.2. The minimum atomic E-state index is -0.313. The van der Waals surface area contributed by atoms with Crippen LogP contribution in [-0.2, 0) is 6.54 Å². The number of benzene rings is 2. The first kappa shape index (κ1) is 16.9. The molecule has 4 nitrogen and oxygen atoms in total. The van der Waals surface area contributed by atoms with E-state index in [1.54, 1.807) is 34.1 Å². The van der Waals surface area contributed by atoms with E-state index in [2.05, 4.69) is 4.98 Å². The van der Waals surface area contributed by atoms with Crippen LogP contribution >= 0.6 is 0 Å². The van der Waals surface area contributed by atoms with Crippen molar-refractivity contribution >= 4 is 5.91 Å². The summed E-state index contributed by atoms with van der Waals surface area (Å²) in [5, 5.41) is 0. The number of halogens is 1. The summed E-state index contributed by atoms with van der Waals surface area (Å²) in [5.41, 5.74) is 3.43. The molecule has 0 saturated carbocycles. The Bertz CT molecular complexity index is 871. The van der Waals surface area contributed by atoms with Crippen molar-refractivity contribution in [1.29, 1.82) is 0 Å². The van der Waals surface area contributed by atoms with Gasteiger partial charge in [0.1, 0.15) is 11.5 Å². The van der Waals surface area contributed by atoms with Gasteiger partial charge < -0.3 is 4.90 Å². The summed E-state index contributed by atoms with van der Waals surface area (Å²) < 4.78 is 14.8. The lowest BCUT2D eigenvalue weighted by Crippen LogP contribution is -2.32. The molecule has 0 aliphatic rings. The summed E-state index contributed by atoms with van der Waals surface area (Å²) in [4.78, 5) is 18.9. The maximum Gasteiger partial charge on any atom is 0.272 e. The van der Waals surface area contributed by atoms with Crippen LogP contribution in [0.4, 0.5) is 4.39 Å². The van der Waals surface area contributed by atoms with Crippen LogP contribution in [0.3, 0.4) is 0 Å². The summed E-state index contributed by atoms with van der Waals surface area (Å²) >= 11 is 0. The second kappa shape index (κ2) is 7.30. The average molecular weight is 337 g/mol. The lowest BCUT2D eigenvalue weighted by Gasteiger charge is -2.22. The number of carbonyl (C=O) groups is 1. The van der Waals surface area contributed by atoms with Gasteiger partial charge in [-0.3, -0.25) is 9.36 Å². The van der Waals surface area contributed by atoms with Gasteiger partial charge in [0.2, 0.25) is 0 Å². The van der Waals surface area contributed by atoms with Gasteiger partial charge in [-0.05, 0) is 49.2 Å². The van der Waals surface area contributed by atoms with Gasteiger partial charge in [-0.1, -0.05) is 24.3 Å². The Balaban J connectivity index is 1.88. The smallest absolute Gasteiger partial charge is 0.272 e. The number of hydrogen-bond acceptors (Lipinski definition) is 2. The third-order valence-corrected chi connectivity index (χ3v) is 4.25. The monoisotopic (exact) mass is 337 g/mol. The van der Waals surface area contributed by atoms with E-state index in [4.69, 9.17) is 0 Å². The topological polar surface area (TPSA) is 38.1 Å². The van der Waals surface area contributed by atoms with Crippen molar-refractivity contribution in [3.63, 3.8) is 0 Å². The van der Waals surface area contributed by atoms with Gasteiger partial charge in [-0.25, -0.2) is 9.37 Å². The summed E-state index contributed by atoms with van der Waals surface area (Å²) in [6.07, 6.45) is 3.12. The normalized spacial score (nSPS) is 10.7. The van der Waals surface area contributed by atoms with E-state index in [0.717, 1.165) is 11.1 Å². The van der Waals surface area contributed by atoms with Crippen molar-refractivity contribution in [3.8, 4) is 5.69 Å². The number of nitrogens with zero attached hydrogens (tertiary/aromatic N) is 3. The number of carbonyl (C=O) groups excluding carboxylic acids is 1. The van der Waals surface area contributed by atoms with E-state index < -0.39 is 0 Å². The fraction of sp³-hybridized carbons (Fsp3) is 0.200. The Morgan fingerprint density at radius 1 is 1.16 bits per heavy atom. The molecular formula is C20H20FN3O. The molecule has 0 saturated heterocycles. The molecule has 0 N–H and O–H groups in total. The molecule has 25 heavy (non-hydrogen) atoms. The minimum absolute atomic E-state index is 0.104. The Morgan fingerprint density at radius 3 is 2.56 bits per heavy atom. The number of hydrogen-bond donors (Lipinski definition) is 0. The van der Waals surface area contributed by atoms with Crippen LogP contribution in [0.1, 0.15) is 28.5 Å². The molecule has 0 spiro atoms. The average Bonchev–Trinajstić information content (AvgIpc) is 3.11. The van der Waals surface area contributed by atoms with Gasteiger partial charge in [-0.15, -0.1) is 0 Å². The molecule has 1 amide bonds. The second-order valence-electron chi connectivity index (χ2n) is 5.87. The van der Waals surface area contributed by atoms with E-state index in [1.807, 2.05) is 38.1 Å². The van der Waals surface area contributed by atoms with Crippen molar-refractivity contribution in [2.45, 2.75) is 20.4 Å². The SMILES string of the molecule is CCN(Cc1ccccc1C)C(=O)c1cncn1-c1ccc(F)cc1. The molecule has 0 atom stereocenters. The highest BCUT2D eigenvalue weighted by molar-refractivity contribution is 5.93. The Morgan fingerprint density at radius 2 is 1.88 bits per heavy atom. The van der Waals surface area contributed by atoms with Gasteiger partial charge in [0.15, 0.2) is 0 Å². The molecule has 0 radical (unpaired) electrons. The van der Waals surface area contributed by atoms with E-state index in [-0.39, 0.29) is 11.7 Å². The quantitative estimate of drug-likeness (QED) is 0.706. The Labute approximate surface area is 146 Å². The number of imidazole rings is 1. The molecule has 1 heterocycles. The van der Waals surface area contributed by atoms with Crippen LogP contribution < -0.4 is 0 Å². The van der Waals surface area contributed by atoms with Gasteiger partial charge in [0, 0.05) is 18.8 Å². The number of amides is 1. The van der Waals surface area contributed by atoms with Crippen LogP contribution in [0.5, 0.6) is 0 Å². The molecule has 3 rings (SSSR count). The van der Waals surface area contributed by atoms with Crippen LogP contribution in [0, 0.1) is 12.7 Å². The molecule has 128 valence electrons. The van der Waals surface area contributed by atoms with E-state index in [9.17, 15) is 9.18 Å². The molecule has 0 aliphatic carbocycles. The first-order valence-electron chi connectivity index (χ1n) is 8.22. The molecular weight excluding hydrogens is 317 g/mol. The van der Waals surface area contributed by atoms with E-state index in [1.165, 1.54) is 12.1 Å². The molecule has 3 aromatic rings. The fourth-order valence-corrected chi connectivity index (χ4v) is 2.74. The van der Waals surface area contributed by atoms with Gasteiger partial charge in [-0.2, -0.15) is 0 Å². The lowest BCUT2D eigenvalue weighted by molar-refractivity contribution is 0.0744. The Kier molecular flexibility index (Phi) is 4.93. The fourth-order valence-electron chi connectivity index (χ4n) is 2.74. The van der Waals surface area contributed by atoms with E-state index in [0.29, 0.717) is 24.5 Å². The zero-order chi connectivity index (χ0) is 17.8. The second-order valence-corrected chi connectivity index (χ2v) is 5.87. The van der Waals surface area contributed by atoms with Crippen LogP contribution in [0.15, 0.2) is 61.1 Å².